The molecule has 3 amide bonds. The van der Waals surface area contributed by atoms with Crippen molar-refractivity contribution in [3.05, 3.63) is 18.2 Å². The van der Waals surface area contributed by atoms with E-state index >= 15 is 0 Å². The Hall–Kier alpha value is -2.25. The number of carboxylic acid groups (broad SMARTS) is 1. The van der Waals surface area contributed by atoms with Gasteiger partial charge >= 0.3 is 5.97 Å². The standard InChI is InChI=1S/C18H30N6O5S2/c1-30-5-3-12(22-15(25)8-19)16(26)24-14(7-11-9-20-10-21-11)17(27)23-13(18(28)29)4-6-31-2/h9-10,12-14H,3-8,19H2,1-2H3,(H,20,21)(H,22,25)(H,23,27)(H,24,26)(H,28,29). The monoisotopic (exact) mass is 474 g/mol. The highest BCUT2D eigenvalue weighted by Gasteiger charge is 2.29. The number of nitrogens with one attached hydrogen (secondary N) is 4. The Bertz CT molecular complexity index is 718. The molecule has 3 unspecified atom stereocenters. The smallest absolute Gasteiger partial charge is 0.326 e. The van der Waals surface area contributed by atoms with Gasteiger partial charge in [0.05, 0.1) is 12.9 Å². The minimum absolute atomic E-state index is 0.0759. The molecule has 0 aliphatic rings. The van der Waals surface area contributed by atoms with Crippen molar-refractivity contribution in [2.45, 2.75) is 37.4 Å². The van der Waals surface area contributed by atoms with E-state index in [2.05, 4.69) is 25.9 Å². The summed E-state index contributed by atoms with van der Waals surface area (Å²) in [6.07, 6.45) is 7.33. The number of amides is 3. The molecule has 7 N–H and O–H groups in total. The average molecular weight is 475 g/mol. The molecule has 1 heterocycles. The van der Waals surface area contributed by atoms with Crippen LogP contribution in [-0.2, 0) is 25.6 Å². The molecule has 0 aliphatic carbocycles. The van der Waals surface area contributed by atoms with E-state index in [9.17, 15) is 24.3 Å². The van der Waals surface area contributed by atoms with Crippen LogP contribution in [0, 0.1) is 0 Å². The molecule has 0 radical (unpaired) electrons. The van der Waals surface area contributed by atoms with Crippen molar-refractivity contribution in [3.8, 4) is 0 Å². The summed E-state index contributed by atoms with van der Waals surface area (Å²) in [4.78, 5) is 55.6. The molecule has 0 aromatic carbocycles. The van der Waals surface area contributed by atoms with Gasteiger partial charge in [0, 0.05) is 18.3 Å². The van der Waals surface area contributed by atoms with Crippen LogP contribution >= 0.6 is 23.5 Å². The largest absolute Gasteiger partial charge is 0.480 e. The Morgan fingerprint density at radius 1 is 1.03 bits per heavy atom. The lowest BCUT2D eigenvalue weighted by Gasteiger charge is -2.24. The summed E-state index contributed by atoms with van der Waals surface area (Å²) in [6.45, 7) is -0.267. The van der Waals surface area contributed by atoms with Gasteiger partial charge in [0.2, 0.25) is 17.7 Å². The van der Waals surface area contributed by atoms with Crippen molar-refractivity contribution in [1.29, 1.82) is 0 Å². The summed E-state index contributed by atoms with van der Waals surface area (Å²) in [5.74, 6) is -1.66. The van der Waals surface area contributed by atoms with Gasteiger partial charge in [-0.2, -0.15) is 23.5 Å². The third-order valence-corrected chi connectivity index (χ3v) is 5.57. The summed E-state index contributed by atoms with van der Waals surface area (Å²) in [6, 6.07) is -3.01. The molecule has 0 spiro atoms. The minimum Gasteiger partial charge on any atom is -0.480 e. The first-order chi connectivity index (χ1) is 14.8. The summed E-state index contributed by atoms with van der Waals surface area (Å²) in [7, 11) is 0. The zero-order chi connectivity index (χ0) is 23.2. The number of carbonyl (C=O) groups is 4. The molecule has 11 nitrogen and oxygen atoms in total. The van der Waals surface area contributed by atoms with Crippen LogP contribution in [0.1, 0.15) is 18.5 Å². The molecule has 3 atom stereocenters. The highest BCUT2D eigenvalue weighted by atomic mass is 32.2. The van der Waals surface area contributed by atoms with Gasteiger partial charge in [0.1, 0.15) is 18.1 Å². The fraction of sp³-hybridized carbons (Fsp3) is 0.611. The lowest BCUT2D eigenvalue weighted by Crippen LogP contribution is -2.57. The highest BCUT2D eigenvalue weighted by Crippen LogP contribution is 2.06. The molecule has 1 aromatic heterocycles. The number of nitrogens with zero attached hydrogens (tertiary/aromatic N) is 1. The van der Waals surface area contributed by atoms with Gasteiger partial charge in [-0.1, -0.05) is 0 Å². The molecule has 0 saturated heterocycles. The number of carbonyl (C=O) groups excluding carboxylic acids is 3. The zero-order valence-corrected chi connectivity index (χ0v) is 19.2. The van der Waals surface area contributed by atoms with Crippen LogP contribution in [0.5, 0.6) is 0 Å². The van der Waals surface area contributed by atoms with E-state index in [0.29, 0.717) is 23.6 Å². The van der Waals surface area contributed by atoms with Gasteiger partial charge in [-0.25, -0.2) is 9.78 Å². The van der Waals surface area contributed by atoms with Crippen LogP contribution in [0.4, 0.5) is 0 Å². The number of imidazole rings is 1. The number of nitrogens with two attached hydrogens (primary N) is 1. The van der Waals surface area contributed by atoms with Crippen molar-refractivity contribution >= 4 is 47.2 Å². The molecular weight excluding hydrogens is 444 g/mol. The van der Waals surface area contributed by atoms with Gasteiger partial charge in [-0.05, 0) is 36.9 Å². The van der Waals surface area contributed by atoms with Gasteiger partial charge in [-0.15, -0.1) is 0 Å². The Morgan fingerprint density at radius 2 is 1.61 bits per heavy atom. The molecule has 0 fully saturated rings. The van der Waals surface area contributed by atoms with Gasteiger partial charge in [0.25, 0.3) is 0 Å². The first kappa shape index (κ1) is 26.8. The number of hydrogen-bond acceptors (Lipinski definition) is 8. The molecule has 0 aliphatic heterocycles. The predicted octanol–water partition coefficient (Wildman–Crippen LogP) is -1.04. The van der Waals surface area contributed by atoms with E-state index in [4.69, 9.17) is 5.73 Å². The number of thioether (sulfide) groups is 2. The summed E-state index contributed by atoms with van der Waals surface area (Å²) >= 11 is 2.97. The van der Waals surface area contributed by atoms with Crippen LogP contribution in [0.25, 0.3) is 0 Å². The van der Waals surface area contributed by atoms with Crippen molar-refractivity contribution in [2.24, 2.45) is 5.73 Å². The molecule has 0 bridgehead atoms. The number of rotatable bonds is 15. The minimum atomic E-state index is -1.15. The van der Waals surface area contributed by atoms with Crippen molar-refractivity contribution < 1.29 is 24.3 Å². The van der Waals surface area contributed by atoms with Crippen LogP contribution < -0.4 is 21.7 Å². The molecule has 13 heteroatoms. The number of aromatic nitrogens is 2. The maximum absolute atomic E-state index is 12.9. The second-order valence-corrected chi connectivity index (χ2v) is 8.60. The molecule has 174 valence electrons. The molecule has 31 heavy (non-hydrogen) atoms. The van der Waals surface area contributed by atoms with Crippen molar-refractivity contribution in [1.82, 2.24) is 25.9 Å². The fourth-order valence-electron chi connectivity index (χ4n) is 2.62. The Labute approximate surface area is 189 Å². The highest BCUT2D eigenvalue weighted by molar-refractivity contribution is 7.98. The quantitative estimate of drug-likeness (QED) is 0.185. The second kappa shape index (κ2) is 14.7. The summed E-state index contributed by atoms with van der Waals surface area (Å²) in [5, 5.41) is 17.1. The lowest BCUT2D eigenvalue weighted by molar-refractivity contribution is -0.142. The van der Waals surface area contributed by atoms with Gasteiger partial charge in [-0.3, -0.25) is 14.4 Å². The average Bonchev–Trinajstić information content (AvgIpc) is 3.25. The molecule has 0 saturated carbocycles. The van der Waals surface area contributed by atoms with Crippen molar-refractivity contribution in [3.63, 3.8) is 0 Å². The Balaban J connectivity index is 2.96. The normalized spacial score (nSPS) is 13.6. The number of aliphatic carboxylic acids is 1. The number of hydrogen-bond donors (Lipinski definition) is 6. The fourth-order valence-corrected chi connectivity index (χ4v) is 3.56. The van der Waals surface area contributed by atoms with Crippen LogP contribution in [0.15, 0.2) is 12.5 Å². The number of H-pyrrole nitrogens is 1. The lowest BCUT2D eigenvalue weighted by atomic mass is 10.1. The maximum atomic E-state index is 12.9. The Morgan fingerprint density at radius 3 is 2.13 bits per heavy atom. The molecular formula is C18H30N6O5S2. The molecule has 1 rings (SSSR count). The number of aromatic amines is 1. The summed E-state index contributed by atoms with van der Waals surface area (Å²) in [5.41, 5.74) is 5.92. The SMILES string of the molecule is CSCCC(NC(=O)C(Cc1cnc[nH]1)NC(=O)C(CCSC)NC(=O)CN)C(=O)O. The maximum Gasteiger partial charge on any atom is 0.326 e. The van der Waals surface area contributed by atoms with E-state index in [1.54, 1.807) is 0 Å². The topological polar surface area (TPSA) is 179 Å². The Kier molecular flexibility index (Phi) is 12.7. The molecule has 1 aromatic rings. The third kappa shape index (κ3) is 10.1. The van der Waals surface area contributed by atoms with E-state index in [-0.39, 0.29) is 19.4 Å². The van der Waals surface area contributed by atoms with Crippen molar-refractivity contribution in [2.75, 3.05) is 30.6 Å². The van der Waals surface area contributed by atoms with Crippen LogP contribution in [-0.4, -0.2) is 87.5 Å². The number of carboxylic acids is 1. The first-order valence-corrected chi connectivity index (χ1v) is 12.4. The first-order valence-electron chi connectivity index (χ1n) is 9.60. The van der Waals surface area contributed by atoms with E-state index < -0.39 is 41.8 Å². The predicted molar refractivity (Wildman–Crippen MR) is 121 cm³/mol. The third-order valence-electron chi connectivity index (χ3n) is 4.28. The zero-order valence-electron chi connectivity index (χ0n) is 17.6. The van der Waals surface area contributed by atoms with Gasteiger partial charge < -0.3 is 31.8 Å². The summed E-state index contributed by atoms with van der Waals surface area (Å²) < 4.78 is 0. The van der Waals surface area contributed by atoms with E-state index in [0.717, 1.165) is 0 Å². The van der Waals surface area contributed by atoms with E-state index in [1.165, 1.54) is 36.0 Å². The van der Waals surface area contributed by atoms with E-state index in [1.807, 2.05) is 12.5 Å². The van der Waals surface area contributed by atoms with Crippen LogP contribution in [0.3, 0.4) is 0 Å². The second-order valence-electron chi connectivity index (χ2n) is 6.63. The van der Waals surface area contributed by atoms with Gasteiger partial charge in [0.15, 0.2) is 0 Å². The van der Waals surface area contributed by atoms with Crippen LogP contribution in [0.2, 0.25) is 0 Å².